The van der Waals surface area contributed by atoms with E-state index in [1.54, 1.807) is 24.0 Å². The van der Waals surface area contributed by atoms with Crippen LogP contribution in [0.5, 0.6) is 0 Å². The Morgan fingerprint density at radius 2 is 1.74 bits per heavy atom. The van der Waals surface area contributed by atoms with Gasteiger partial charge in [0.05, 0.1) is 15.8 Å². The van der Waals surface area contributed by atoms with E-state index in [1.165, 1.54) is 11.8 Å². The number of thioether (sulfide) groups is 1. The topological polar surface area (TPSA) is 49.4 Å². The summed E-state index contributed by atoms with van der Waals surface area (Å²) in [7, 11) is 0. The van der Waals surface area contributed by atoms with Gasteiger partial charge in [0.2, 0.25) is 11.8 Å². The first-order valence-corrected chi connectivity index (χ1v) is 12.4. The summed E-state index contributed by atoms with van der Waals surface area (Å²) in [5, 5.41) is 4.49. The molecule has 168 valence electrons. The van der Waals surface area contributed by atoms with Crippen LogP contribution in [0.15, 0.2) is 42.5 Å². The third kappa shape index (κ3) is 7.90. The number of hydrogen-bond acceptors (Lipinski definition) is 3. The van der Waals surface area contributed by atoms with Crippen LogP contribution in [0.3, 0.4) is 0 Å². The third-order valence-corrected chi connectivity index (χ3v) is 7.02. The van der Waals surface area contributed by atoms with Crippen LogP contribution in [-0.4, -0.2) is 34.6 Å². The molecule has 0 spiro atoms. The van der Waals surface area contributed by atoms with Gasteiger partial charge in [-0.05, 0) is 49.6 Å². The number of benzene rings is 2. The zero-order valence-corrected chi connectivity index (χ0v) is 20.9. The van der Waals surface area contributed by atoms with Crippen LogP contribution in [0, 0.1) is 0 Å². The number of halogens is 3. The maximum atomic E-state index is 13.1. The van der Waals surface area contributed by atoms with Crippen molar-refractivity contribution in [3.8, 4) is 0 Å². The van der Waals surface area contributed by atoms with Gasteiger partial charge in [-0.1, -0.05) is 66.0 Å². The molecule has 2 amide bonds. The lowest BCUT2D eigenvalue weighted by Crippen LogP contribution is -2.50. The van der Waals surface area contributed by atoms with Crippen molar-refractivity contribution >= 4 is 58.4 Å². The van der Waals surface area contributed by atoms with E-state index in [4.69, 9.17) is 34.8 Å². The first-order valence-electron chi connectivity index (χ1n) is 10.1. The van der Waals surface area contributed by atoms with Gasteiger partial charge in [-0.2, -0.15) is 0 Å². The van der Waals surface area contributed by atoms with E-state index in [9.17, 15) is 9.59 Å². The van der Waals surface area contributed by atoms with Gasteiger partial charge in [-0.15, -0.1) is 11.8 Å². The normalized spacial score (nSPS) is 12.8. The number of rotatable bonds is 10. The van der Waals surface area contributed by atoms with Crippen LogP contribution < -0.4 is 5.32 Å². The zero-order chi connectivity index (χ0) is 23.0. The number of carbonyl (C=O) groups is 2. The maximum absolute atomic E-state index is 13.1. The van der Waals surface area contributed by atoms with Gasteiger partial charge in [0.25, 0.3) is 0 Å². The molecule has 0 aromatic heterocycles. The first-order chi connectivity index (χ1) is 14.7. The molecule has 2 aromatic rings. The Labute approximate surface area is 203 Å². The van der Waals surface area contributed by atoms with E-state index < -0.39 is 6.04 Å². The molecule has 0 heterocycles. The molecule has 0 fully saturated rings. The van der Waals surface area contributed by atoms with Crippen molar-refractivity contribution in [3.63, 3.8) is 0 Å². The molecule has 4 nitrogen and oxygen atoms in total. The Morgan fingerprint density at radius 1 is 1.03 bits per heavy atom. The van der Waals surface area contributed by atoms with E-state index in [1.807, 2.05) is 44.2 Å². The summed E-state index contributed by atoms with van der Waals surface area (Å²) in [5.41, 5.74) is 1.78. The molecule has 0 bridgehead atoms. The lowest BCUT2D eigenvalue weighted by Gasteiger charge is -2.29. The maximum Gasteiger partial charge on any atom is 0.242 e. The van der Waals surface area contributed by atoms with Gasteiger partial charge in [-0.3, -0.25) is 9.59 Å². The van der Waals surface area contributed by atoms with Crippen molar-refractivity contribution in [2.75, 3.05) is 5.75 Å². The van der Waals surface area contributed by atoms with Crippen LogP contribution in [0.1, 0.15) is 38.3 Å². The van der Waals surface area contributed by atoms with E-state index >= 15 is 0 Å². The van der Waals surface area contributed by atoms with Crippen LogP contribution in [0.4, 0.5) is 0 Å². The molecule has 2 atom stereocenters. The summed E-state index contributed by atoms with van der Waals surface area (Å²) in [5.74, 6) is 0.529. The van der Waals surface area contributed by atoms with Gasteiger partial charge in [0.1, 0.15) is 6.04 Å². The monoisotopic (exact) mass is 500 g/mol. The van der Waals surface area contributed by atoms with E-state index in [0.717, 1.165) is 17.5 Å². The predicted octanol–water partition coefficient (Wildman–Crippen LogP) is 6.21. The average molecular weight is 502 g/mol. The summed E-state index contributed by atoms with van der Waals surface area (Å²) >= 11 is 19.8. The SMILES string of the molecule is CC[C@H](C)NC(=O)[C@@H](C)N(Cc1ccc(Cl)c(Cl)c1)C(=O)CSCc1ccccc1Cl. The van der Waals surface area contributed by atoms with E-state index in [0.29, 0.717) is 20.8 Å². The van der Waals surface area contributed by atoms with Gasteiger partial charge in [0, 0.05) is 23.4 Å². The highest BCUT2D eigenvalue weighted by molar-refractivity contribution is 7.99. The Morgan fingerprint density at radius 3 is 2.39 bits per heavy atom. The quantitative estimate of drug-likeness (QED) is 0.421. The number of hydrogen-bond donors (Lipinski definition) is 1. The molecule has 1 N–H and O–H groups in total. The molecule has 0 aliphatic rings. The lowest BCUT2D eigenvalue weighted by atomic mass is 10.1. The second-order valence-electron chi connectivity index (χ2n) is 7.35. The highest BCUT2D eigenvalue weighted by Crippen LogP contribution is 2.25. The summed E-state index contributed by atoms with van der Waals surface area (Å²) in [4.78, 5) is 27.4. The fraction of sp³-hybridized carbons (Fsp3) is 0.391. The highest BCUT2D eigenvalue weighted by atomic mass is 35.5. The number of nitrogens with zero attached hydrogens (tertiary/aromatic N) is 1. The molecule has 0 aliphatic heterocycles. The van der Waals surface area contributed by atoms with E-state index in [2.05, 4.69) is 5.32 Å². The fourth-order valence-corrected chi connectivity index (χ4v) is 4.35. The summed E-state index contributed by atoms with van der Waals surface area (Å²) in [6.07, 6.45) is 0.812. The van der Waals surface area contributed by atoms with Crippen molar-refractivity contribution in [1.29, 1.82) is 0 Å². The second kappa shape index (κ2) is 12.6. The number of nitrogens with one attached hydrogen (secondary N) is 1. The van der Waals surface area contributed by atoms with Crippen LogP contribution >= 0.6 is 46.6 Å². The molecule has 2 aromatic carbocycles. The molecule has 0 saturated heterocycles. The van der Waals surface area contributed by atoms with Crippen molar-refractivity contribution in [3.05, 3.63) is 68.7 Å². The van der Waals surface area contributed by atoms with Gasteiger partial charge < -0.3 is 10.2 Å². The molecular formula is C23H27Cl3N2O2S. The lowest BCUT2D eigenvalue weighted by molar-refractivity contribution is -0.138. The Bertz CT molecular complexity index is 910. The molecule has 0 radical (unpaired) electrons. The smallest absolute Gasteiger partial charge is 0.242 e. The standard InChI is InChI=1S/C23H27Cl3N2O2S/c1-4-15(2)27-23(30)16(3)28(12-17-9-10-20(25)21(26)11-17)22(29)14-31-13-18-7-5-6-8-19(18)24/h5-11,15-16H,4,12-14H2,1-3H3,(H,27,30)/t15-,16+/m0/s1. The van der Waals surface area contributed by atoms with Crippen molar-refractivity contribution in [2.45, 2.75) is 51.6 Å². The average Bonchev–Trinajstić information content (AvgIpc) is 2.75. The largest absolute Gasteiger partial charge is 0.352 e. The third-order valence-electron chi connectivity index (χ3n) is 4.95. The van der Waals surface area contributed by atoms with Gasteiger partial charge in [0.15, 0.2) is 0 Å². The van der Waals surface area contributed by atoms with Crippen molar-refractivity contribution in [2.24, 2.45) is 0 Å². The van der Waals surface area contributed by atoms with Crippen LogP contribution in [0.2, 0.25) is 15.1 Å². The first kappa shape index (κ1) is 25.9. The van der Waals surface area contributed by atoms with E-state index in [-0.39, 0.29) is 30.2 Å². The van der Waals surface area contributed by atoms with Gasteiger partial charge >= 0.3 is 0 Å². The second-order valence-corrected chi connectivity index (χ2v) is 9.56. The number of amides is 2. The minimum atomic E-state index is -0.628. The van der Waals surface area contributed by atoms with Crippen LogP contribution in [0.25, 0.3) is 0 Å². The summed E-state index contributed by atoms with van der Waals surface area (Å²) in [6, 6.07) is 12.2. The minimum absolute atomic E-state index is 0.0338. The highest BCUT2D eigenvalue weighted by Gasteiger charge is 2.26. The molecule has 31 heavy (non-hydrogen) atoms. The Kier molecular flexibility index (Phi) is 10.5. The van der Waals surface area contributed by atoms with Crippen molar-refractivity contribution < 1.29 is 9.59 Å². The summed E-state index contributed by atoms with van der Waals surface area (Å²) < 4.78 is 0. The molecule has 0 aliphatic carbocycles. The number of carbonyl (C=O) groups excluding carboxylic acids is 2. The molecular weight excluding hydrogens is 475 g/mol. The molecule has 2 rings (SSSR count). The van der Waals surface area contributed by atoms with Gasteiger partial charge in [-0.25, -0.2) is 0 Å². The van der Waals surface area contributed by atoms with Crippen molar-refractivity contribution in [1.82, 2.24) is 10.2 Å². The molecule has 0 saturated carbocycles. The Hall–Kier alpha value is -1.40. The summed E-state index contributed by atoms with van der Waals surface area (Å²) in [6.45, 7) is 5.94. The predicted molar refractivity (Wildman–Crippen MR) is 132 cm³/mol. The fourth-order valence-electron chi connectivity index (χ4n) is 2.83. The molecule has 0 unspecified atom stereocenters. The minimum Gasteiger partial charge on any atom is -0.352 e. The molecule has 8 heteroatoms. The van der Waals surface area contributed by atoms with Crippen LogP contribution in [-0.2, 0) is 21.9 Å². The zero-order valence-electron chi connectivity index (χ0n) is 17.8. The Balaban J connectivity index is 2.12.